The van der Waals surface area contributed by atoms with Gasteiger partial charge in [0.05, 0.1) is 17.0 Å². The fourth-order valence-electron chi connectivity index (χ4n) is 4.58. The van der Waals surface area contributed by atoms with E-state index in [1.54, 1.807) is 0 Å². The first-order valence-corrected chi connectivity index (χ1v) is 10.4. The maximum absolute atomic E-state index is 5.33. The molecule has 1 aromatic carbocycles. The Morgan fingerprint density at radius 2 is 1.90 bits per heavy atom. The van der Waals surface area contributed by atoms with Crippen LogP contribution in [0.3, 0.4) is 0 Å². The topological polar surface area (TPSA) is 58.0 Å². The number of rotatable bonds is 4. The highest BCUT2D eigenvalue weighted by Crippen LogP contribution is 2.31. The minimum Gasteiger partial charge on any atom is -0.361 e. The Bertz CT molecular complexity index is 1120. The van der Waals surface area contributed by atoms with Crippen molar-refractivity contribution in [2.24, 2.45) is 0 Å². The van der Waals surface area contributed by atoms with Crippen molar-refractivity contribution in [3.05, 3.63) is 71.4 Å². The number of hydrogen-bond acceptors (Lipinski definition) is 4. The van der Waals surface area contributed by atoms with Gasteiger partial charge in [-0.3, -0.25) is 9.88 Å². The molecule has 5 nitrogen and oxygen atoms in total. The first-order chi connectivity index (χ1) is 14.2. The fourth-order valence-corrected chi connectivity index (χ4v) is 4.58. The summed E-state index contributed by atoms with van der Waals surface area (Å²) in [5.74, 6) is 1.34. The lowest BCUT2D eigenvalue weighted by Crippen LogP contribution is -2.32. The van der Waals surface area contributed by atoms with Crippen LogP contribution in [0.25, 0.3) is 22.2 Å². The molecular weight excluding hydrogens is 360 g/mol. The van der Waals surface area contributed by atoms with Gasteiger partial charge in [-0.05, 0) is 69.6 Å². The lowest BCUT2D eigenvalue weighted by Gasteiger charge is -2.32. The van der Waals surface area contributed by atoms with Gasteiger partial charge in [0.15, 0.2) is 0 Å². The third-order valence-corrected chi connectivity index (χ3v) is 6.15. The summed E-state index contributed by atoms with van der Waals surface area (Å²) in [6.45, 7) is 7.14. The van der Waals surface area contributed by atoms with E-state index in [-0.39, 0.29) is 0 Å². The number of nitrogens with one attached hydrogen (secondary N) is 1. The van der Waals surface area contributed by atoms with Crippen LogP contribution >= 0.6 is 0 Å². The standard InChI is InChI=1S/C24H26N4O/c1-16-24(17(2)29-27-16)23-8-4-6-21(26-23)18-10-13-28(14-11-18)15-19-5-3-7-22-20(19)9-12-25-22/h3-9,12,18,25H,10-11,13-15H2,1-2H3. The molecule has 1 fully saturated rings. The fraction of sp³-hybridized carbons (Fsp3) is 0.333. The monoisotopic (exact) mass is 386 g/mol. The molecular formula is C24H26N4O. The molecule has 1 aliphatic heterocycles. The van der Waals surface area contributed by atoms with E-state index in [0.29, 0.717) is 5.92 Å². The number of likely N-dealkylation sites (tertiary alicyclic amines) is 1. The van der Waals surface area contributed by atoms with Gasteiger partial charge in [0, 0.05) is 35.3 Å². The lowest BCUT2D eigenvalue weighted by molar-refractivity contribution is 0.204. The molecule has 0 saturated carbocycles. The molecule has 1 saturated heterocycles. The van der Waals surface area contributed by atoms with Crippen molar-refractivity contribution in [1.29, 1.82) is 0 Å². The highest BCUT2D eigenvalue weighted by molar-refractivity contribution is 5.82. The highest BCUT2D eigenvalue weighted by Gasteiger charge is 2.23. The van der Waals surface area contributed by atoms with Crippen LogP contribution in [0.5, 0.6) is 0 Å². The summed E-state index contributed by atoms with van der Waals surface area (Å²) in [5, 5.41) is 5.41. The van der Waals surface area contributed by atoms with Gasteiger partial charge in [-0.15, -0.1) is 0 Å². The molecule has 4 aromatic rings. The Morgan fingerprint density at radius 1 is 1.07 bits per heavy atom. The van der Waals surface area contributed by atoms with Gasteiger partial charge in [0.2, 0.25) is 0 Å². The summed E-state index contributed by atoms with van der Waals surface area (Å²) in [4.78, 5) is 10.9. The summed E-state index contributed by atoms with van der Waals surface area (Å²) < 4.78 is 5.33. The van der Waals surface area contributed by atoms with Crippen molar-refractivity contribution in [3.8, 4) is 11.3 Å². The summed E-state index contributed by atoms with van der Waals surface area (Å²) >= 11 is 0. The number of fused-ring (bicyclic) bond motifs is 1. The molecule has 0 amide bonds. The quantitative estimate of drug-likeness (QED) is 0.523. The number of nitrogens with zero attached hydrogens (tertiary/aromatic N) is 3. The Morgan fingerprint density at radius 3 is 2.69 bits per heavy atom. The zero-order chi connectivity index (χ0) is 19.8. The molecule has 0 bridgehead atoms. The zero-order valence-electron chi connectivity index (χ0n) is 17.0. The van der Waals surface area contributed by atoms with Crippen LogP contribution in [0, 0.1) is 13.8 Å². The highest BCUT2D eigenvalue weighted by atomic mass is 16.5. The van der Waals surface area contributed by atoms with Crippen LogP contribution < -0.4 is 0 Å². The molecule has 0 unspecified atom stereocenters. The van der Waals surface area contributed by atoms with E-state index in [0.717, 1.165) is 55.2 Å². The van der Waals surface area contributed by atoms with Gasteiger partial charge >= 0.3 is 0 Å². The Hall–Kier alpha value is -2.92. The van der Waals surface area contributed by atoms with Crippen LogP contribution in [-0.4, -0.2) is 33.1 Å². The molecule has 5 heteroatoms. The number of aromatic nitrogens is 3. The molecule has 0 aliphatic carbocycles. The van der Waals surface area contributed by atoms with Crippen molar-refractivity contribution in [2.45, 2.75) is 39.2 Å². The van der Waals surface area contributed by atoms with Crippen LogP contribution in [0.2, 0.25) is 0 Å². The number of aryl methyl sites for hydroxylation is 2. The molecule has 4 heterocycles. The van der Waals surface area contributed by atoms with Crippen LogP contribution in [0.15, 0.2) is 53.2 Å². The second-order valence-electron chi connectivity index (χ2n) is 8.05. The second-order valence-corrected chi connectivity index (χ2v) is 8.05. The predicted octanol–water partition coefficient (Wildman–Crippen LogP) is 5.21. The SMILES string of the molecule is Cc1noc(C)c1-c1cccc(C2CCN(Cc3cccc4[nH]ccc34)CC2)n1. The van der Waals surface area contributed by atoms with E-state index < -0.39 is 0 Å². The summed E-state index contributed by atoms with van der Waals surface area (Å²) in [6, 6.07) is 15.1. The lowest BCUT2D eigenvalue weighted by atomic mass is 9.92. The van der Waals surface area contributed by atoms with Crippen molar-refractivity contribution in [3.63, 3.8) is 0 Å². The van der Waals surface area contributed by atoms with E-state index in [4.69, 9.17) is 9.51 Å². The third kappa shape index (κ3) is 3.47. The summed E-state index contributed by atoms with van der Waals surface area (Å²) in [7, 11) is 0. The number of pyridine rings is 1. The number of H-pyrrole nitrogens is 1. The summed E-state index contributed by atoms with van der Waals surface area (Å²) in [6.07, 6.45) is 4.31. The van der Waals surface area contributed by atoms with E-state index in [1.807, 2.05) is 20.0 Å². The van der Waals surface area contributed by atoms with Crippen molar-refractivity contribution in [2.75, 3.05) is 13.1 Å². The number of benzene rings is 1. The van der Waals surface area contributed by atoms with Crippen LogP contribution in [0.4, 0.5) is 0 Å². The zero-order valence-corrected chi connectivity index (χ0v) is 17.0. The third-order valence-electron chi connectivity index (χ3n) is 6.15. The first-order valence-electron chi connectivity index (χ1n) is 10.4. The number of hydrogen-bond donors (Lipinski definition) is 1. The average Bonchev–Trinajstić information content (AvgIpc) is 3.36. The molecule has 29 heavy (non-hydrogen) atoms. The van der Waals surface area contributed by atoms with E-state index in [1.165, 1.54) is 22.2 Å². The van der Waals surface area contributed by atoms with Crippen molar-refractivity contribution < 1.29 is 4.52 Å². The largest absolute Gasteiger partial charge is 0.361 e. The molecule has 0 atom stereocenters. The second kappa shape index (κ2) is 7.48. The van der Waals surface area contributed by atoms with Crippen LogP contribution in [-0.2, 0) is 6.54 Å². The number of piperidine rings is 1. The Balaban J connectivity index is 1.29. The average molecular weight is 386 g/mol. The van der Waals surface area contributed by atoms with E-state index in [9.17, 15) is 0 Å². The molecule has 3 aromatic heterocycles. The van der Waals surface area contributed by atoms with Crippen molar-refractivity contribution >= 4 is 10.9 Å². The van der Waals surface area contributed by atoms with E-state index >= 15 is 0 Å². The van der Waals surface area contributed by atoms with Gasteiger partial charge in [-0.25, -0.2) is 0 Å². The first kappa shape index (κ1) is 18.1. The van der Waals surface area contributed by atoms with Gasteiger partial charge < -0.3 is 9.51 Å². The molecule has 0 radical (unpaired) electrons. The Kier molecular flexibility index (Phi) is 4.68. The van der Waals surface area contributed by atoms with Gasteiger partial charge in [0.25, 0.3) is 0 Å². The summed E-state index contributed by atoms with van der Waals surface area (Å²) in [5.41, 5.74) is 6.72. The smallest absolute Gasteiger partial charge is 0.143 e. The number of aromatic amines is 1. The van der Waals surface area contributed by atoms with Gasteiger partial charge in [-0.1, -0.05) is 23.4 Å². The van der Waals surface area contributed by atoms with Gasteiger partial charge in [0.1, 0.15) is 5.76 Å². The molecule has 1 aliphatic rings. The predicted molar refractivity (Wildman–Crippen MR) is 115 cm³/mol. The maximum atomic E-state index is 5.33. The maximum Gasteiger partial charge on any atom is 0.143 e. The van der Waals surface area contributed by atoms with Crippen molar-refractivity contribution in [1.82, 2.24) is 20.0 Å². The minimum absolute atomic E-state index is 0.509. The molecule has 0 spiro atoms. The normalized spacial score (nSPS) is 15.9. The molecule has 1 N–H and O–H groups in total. The van der Waals surface area contributed by atoms with E-state index in [2.05, 4.69) is 57.5 Å². The van der Waals surface area contributed by atoms with Crippen LogP contribution in [0.1, 0.15) is 41.5 Å². The Labute approximate surface area is 170 Å². The molecule has 5 rings (SSSR count). The molecule has 148 valence electrons. The van der Waals surface area contributed by atoms with Gasteiger partial charge in [-0.2, -0.15) is 0 Å². The minimum atomic E-state index is 0.509.